The van der Waals surface area contributed by atoms with Crippen molar-refractivity contribution in [1.82, 2.24) is 3.97 Å². The maximum atomic E-state index is 14.1. The summed E-state index contributed by atoms with van der Waals surface area (Å²) in [5.74, 6) is 0. The Morgan fingerprint density at radius 1 is 0.765 bits per heavy atom. The van der Waals surface area contributed by atoms with Crippen molar-refractivity contribution >= 4 is 20.9 Å². The molecule has 1 N–H and O–H groups in total. The molecule has 1 heterocycles. The summed E-state index contributed by atoms with van der Waals surface area (Å²) in [6.07, 6.45) is -0.459. The van der Waals surface area contributed by atoms with Gasteiger partial charge in [-0.25, -0.2) is 12.4 Å². The largest absolute Gasteiger partial charge is 0.388 e. The topological polar surface area (TPSA) is 59.3 Å². The van der Waals surface area contributed by atoms with Crippen LogP contribution in [0.5, 0.6) is 0 Å². The predicted octanol–water partition coefficient (Wildman–Crippen LogP) is 6.11. The van der Waals surface area contributed by atoms with E-state index in [2.05, 4.69) is 0 Å². The van der Waals surface area contributed by atoms with Gasteiger partial charge in [0, 0.05) is 22.9 Å². The van der Waals surface area contributed by atoms with Gasteiger partial charge in [-0.3, -0.25) is 0 Å². The molecule has 0 radical (unpaired) electrons. The third-order valence-corrected chi connectivity index (χ3v) is 8.39. The van der Waals surface area contributed by atoms with E-state index in [1.54, 1.807) is 24.3 Å². The van der Waals surface area contributed by atoms with Crippen molar-refractivity contribution in [1.29, 1.82) is 0 Å². The minimum atomic E-state index is -3.95. The number of nitrogens with zero attached hydrogens (tertiary/aromatic N) is 1. The third kappa shape index (κ3) is 3.05. The number of rotatable bonds is 2. The van der Waals surface area contributed by atoms with Crippen LogP contribution in [-0.4, -0.2) is 17.5 Å². The Bertz CT molecular complexity index is 1660. The molecule has 0 aliphatic heterocycles. The number of aliphatic hydroxyl groups is 1. The fraction of sp³-hybridized carbons (Fsp3) is 0.103. The number of para-hydroxylation sites is 1. The Labute approximate surface area is 198 Å². The molecule has 0 bridgehead atoms. The maximum Gasteiger partial charge on any atom is 0.268 e. The van der Waals surface area contributed by atoms with E-state index >= 15 is 0 Å². The highest BCUT2D eigenvalue weighted by atomic mass is 32.2. The van der Waals surface area contributed by atoms with Gasteiger partial charge in [-0.2, -0.15) is 0 Å². The average Bonchev–Trinajstić information content (AvgIpc) is 3.20. The van der Waals surface area contributed by atoms with Crippen LogP contribution in [0.15, 0.2) is 102 Å². The molecule has 0 saturated carbocycles. The van der Waals surface area contributed by atoms with Crippen LogP contribution < -0.4 is 0 Å². The van der Waals surface area contributed by atoms with Gasteiger partial charge in [0.05, 0.1) is 22.2 Å². The van der Waals surface area contributed by atoms with Crippen LogP contribution in [0.3, 0.4) is 0 Å². The standard InChI is InChI=1S/C29H23NO3S/c1-19-14-16-21(17-15-19)34(32,33)30-26-13-7-6-12-25(26)28-27(31)18-20-8-2-3-9-22(20)23-10-4-5-11-24(23)29(28)30/h2-17,27,31H,18H2,1H3/t27-/m1/s1. The lowest BCUT2D eigenvalue weighted by atomic mass is 9.85. The first-order valence-corrected chi connectivity index (χ1v) is 12.7. The van der Waals surface area contributed by atoms with Gasteiger partial charge in [-0.1, -0.05) is 84.4 Å². The number of fused-ring (bicyclic) bond motifs is 7. The summed E-state index contributed by atoms with van der Waals surface area (Å²) in [5, 5.41) is 12.3. The van der Waals surface area contributed by atoms with E-state index < -0.39 is 16.1 Å². The summed E-state index contributed by atoms with van der Waals surface area (Å²) in [6, 6.07) is 30.2. The number of aryl methyl sites for hydroxylation is 1. The van der Waals surface area contributed by atoms with Crippen molar-refractivity contribution < 1.29 is 13.5 Å². The Hall–Kier alpha value is -3.67. The molecule has 0 saturated heterocycles. The molecular formula is C29H23NO3S. The van der Waals surface area contributed by atoms with E-state index in [0.29, 0.717) is 23.2 Å². The summed E-state index contributed by atoms with van der Waals surface area (Å²) in [5.41, 5.74) is 6.51. The minimum absolute atomic E-state index is 0.219. The lowest BCUT2D eigenvalue weighted by Crippen LogP contribution is -2.16. The fourth-order valence-corrected chi connectivity index (χ4v) is 6.63. The highest BCUT2D eigenvalue weighted by Crippen LogP contribution is 2.46. The van der Waals surface area contributed by atoms with Gasteiger partial charge >= 0.3 is 0 Å². The van der Waals surface area contributed by atoms with Gasteiger partial charge in [-0.15, -0.1) is 0 Å². The smallest absolute Gasteiger partial charge is 0.268 e. The lowest BCUT2D eigenvalue weighted by Gasteiger charge is -2.23. The minimum Gasteiger partial charge on any atom is -0.388 e. The van der Waals surface area contributed by atoms with Gasteiger partial charge in [0.15, 0.2) is 0 Å². The summed E-state index contributed by atoms with van der Waals surface area (Å²) in [7, 11) is -3.95. The van der Waals surface area contributed by atoms with E-state index in [1.165, 1.54) is 3.97 Å². The molecule has 5 heteroatoms. The highest BCUT2D eigenvalue weighted by Gasteiger charge is 2.33. The van der Waals surface area contributed by atoms with Crippen LogP contribution in [0.1, 0.15) is 22.8 Å². The van der Waals surface area contributed by atoms with Crippen LogP contribution in [0.2, 0.25) is 0 Å². The molecule has 168 valence electrons. The average molecular weight is 466 g/mol. The van der Waals surface area contributed by atoms with Crippen molar-refractivity contribution in [2.75, 3.05) is 0 Å². The van der Waals surface area contributed by atoms with Gasteiger partial charge in [-0.05, 0) is 41.8 Å². The third-order valence-electron chi connectivity index (χ3n) is 6.67. The molecule has 34 heavy (non-hydrogen) atoms. The molecule has 1 aliphatic rings. The van der Waals surface area contributed by atoms with Gasteiger partial charge in [0.1, 0.15) is 0 Å². The first-order valence-electron chi connectivity index (χ1n) is 11.3. The predicted molar refractivity (Wildman–Crippen MR) is 135 cm³/mol. The maximum absolute atomic E-state index is 14.1. The van der Waals surface area contributed by atoms with E-state index in [-0.39, 0.29) is 4.90 Å². The van der Waals surface area contributed by atoms with E-state index in [9.17, 15) is 13.5 Å². The van der Waals surface area contributed by atoms with Gasteiger partial charge in [0.2, 0.25) is 0 Å². The molecule has 1 atom stereocenters. The second kappa shape index (κ2) is 7.69. The number of aliphatic hydroxyl groups excluding tert-OH is 1. The zero-order valence-corrected chi connectivity index (χ0v) is 19.5. The summed E-state index contributed by atoms with van der Waals surface area (Å²) in [4.78, 5) is 0.219. The molecule has 4 nitrogen and oxygen atoms in total. The van der Waals surface area contributed by atoms with Crippen molar-refractivity contribution in [2.24, 2.45) is 0 Å². The number of benzene rings is 4. The number of aromatic nitrogens is 1. The molecule has 5 aromatic rings. The molecule has 6 rings (SSSR count). The summed E-state index contributed by atoms with van der Waals surface area (Å²) < 4.78 is 29.7. The second-order valence-corrected chi connectivity index (χ2v) is 10.6. The van der Waals surface area contributed by atoms with Crippen LogP contribution in [0.25, 0.3) is 33.3 Å². The van der Waals surface area contributed by atoms with E-state index in [4.69, 9.17) is 0 Å². The zero-order chi connectivity index (χ0) is 23.4. The number of hydrogen-bond acceptors (Lipinski definition) is 3. The van der Waals surface area contributed by atoms with Crippen molar-refractivity contribution in [2.45, 2.75) is 24.3 Å². The van der Waals surface area contributed by atoms with E-state index in [1.807, 2.05) is 79.7 Å². The van der Waals surface area contributed by atoms with Crippen LogP contribution in [-0.2, 0) is 16.4 Å². The SMILES string of the molecule is Cc1ccc(S(=O)(=O)n2c3c(c4ccccc42)[C@H](O)Cc2ccccc2-c2ccccc2-3)cc1. The van der Waals surface area contributed by atoms with Crippen molar-refractivity contribution in [3.05, 3.63) is 114 Å². The van der Waals surface area contributed by atoms with Crippen LogP contribution in [0.4, 0.5) is 0 Å². The zero-order valence-electron chi connectivity index (χ0n) is 18.6. The van der Waals surface area contributed by atoms with Crippen molar-refractivity contribution in [3.8, 4) is 22.4 Å². The number of hydrogen-bond donors (Lipinski definition) is 1. The molecule has 4 aromatic carbocycles. The first-order chi connectivity index (χ1) is 16.5. The second-order valence-electron chi connectivity index (χ2n) is 8.78. The summed E-state index contributed by atoms with van der Waals surface area (Å²) >= 11 is 0. The Kier molecular flexibility index (Phi) is 4.73. The van der Waals surface area contributed by atoms with Crippen LogP contribution in [0, 0.1) is 6.92 Å². The fourth-order valence-electron chi connectivity index (χ4n) is 5.09. The monoisotopic (exact) mass is 465 g/mol. The van der Waals surface area contributed by atoms with Crippen LogP contribution >= 0.6 is 0 Å². The van der Waals surface area contributed by atoms with Crippen molar-refractivity contribution in [3.63, 3.8) is 0 Å². The normalized spacial score (nSPS) is 15.2. The molecule has 0 amide bonds. The first kappa shape index (κ1) is 20.9. The molecular weight excluding hydrogens is 442 g/mol. The van der Waals surface area contributed by atoms with Gasteiger partial charge in [0.25, 0.3) is 10.0 Å². The highest BCUT2D eigenvalue weighted by molar-refractivity contribution is 7.90. The molecule has 1 aliphatic carbocycles. The summed E-state index contributed by atoms with van der Waals surface area (Å²) in [6.45, 7) is 1.93. The molecule has 0 unspecified atom stereocenters. The van der Waals surface area contributed by atoms with E-state index in [0.717, 1.165) is 33.2 Å². The Morgan fingerprint density at radius 3 is 2.15 bits per heavy atom. The molecule has 1 aromatic heterocycles. The Balaban J connectivity index is 1.78. The van der Waals surface area contributed by atoms with Gasteiger partial charge < -0.3 is 5.11 Å². The quantitative estimate of drug-likeness (QED) is 0.342. The molecule has 0 fully saturated rings. The lowest BCUT2D eigenvalue weighted by molar-refractivity contribution is 0.180. The molecule has 0 spiro atoms. The Morgan fingerprint density at radius 2 is 1.38 bits per heavy atom.